The molecule has 100 valence electrons. The second-order valence-electron chi connectivity index (χ2n) is 5.56. The van der Waals surface area contributed by atoms with E-state index in [1.165, 1.54) is 12.0 Å². The average Bonchev–Trinajstić information content (AvgIpc) is 2.82. The molecule has 1 unspecified atom stereocenters. The van der Waals surface area contributed by atoms with Gasteiger partial charge in [-0.1, -0.05) is 13.3 Å². The van der Waals surface area contributed by atoms with Crippen molar-refractivity contribution in [2.24, 2.45) is 5.41 Å². The summed E-state index contributed by atoms with van der Waals surface area (Å²) in [6.45, 7) is 7.09. The minimum atomic E-state index is -0.240. The van der Waals surface area contributed by atoms with E-state index in [4.69, 9.17) is 5.26 Å². The topological polar surface area (TPSA) is 40.8 Å². The summed E-state index contributed by atoms with van der Waals surface area (Å²) in [4.78, 5) is 0. The van der Waals surface area contributed by atoms with Crippen LogP contribution in [0.25, 0.3) is 0 Å². The van der Waals surface area contributed by atoms with Gasteiger partial charge in [0.2, 0.25) is 0 Å². The van der Waals surface area contributed by atoms with Crippen LogP contribution in [0.3, 0.4) is 0 Å². The second-order valence-corrected chi connectivity index (χ2v) is 5.56. The van der Waals surface area contributed by atoms with Gasteiger partial charge in [0.05, 0.1) is 11.5 Å². The summed E-state index contributed by atoms with van der Waals surface area (Å²) in [7, 11) is 2.01. The van der Waals surface area contributed by atoms with Crippen molar-refractivity contribution in [3.63, 3.8) is 0 Å². The van der Waals surface area contributed by atoms with E-state index < -0.39 is 0 Å². The molecule has 0 bridgehead atoms. The number of rotatable bonds is 7. The van der Waals surface area contributed by atoms with Crippen LogP contribution in [-0.2, 0) is 6.54 Å². The highest BCUT2D eigenvalue weighted by atomic mass is 15.0. The third-order valence-corrected chi connectivity index (χ3v) is 3.40. The molecule has 0 aliphatic heterocycles. The molecule has 0 aliphatic carbocycles. The van der Waals surface area contributed by atoms with Gasteiger partial charge in [-0.3, -0.25) is 0 Å². The monoisotopic (exact) mass is 247 g/mol. The molecule has 3 heteroatoms. The molecule has 1 rings (SSSR count). The number of aromatic nitrogens is 1. The molecule has 0 spiro atoms. The predicted molar refractivity (Wildman–Crippen MR) is 75.2 cm³/mol. The molecule has 0 fully saturated rings. The Morgan fingerprint density at radius 1 is 1.50 bits per heavy atom. The Morgan fingerprint density at radius 2 is 2.22 bits per heavy atom. The first-order valence-corrected chi connectivity index (χ1v) is 6.76. The van der Waals surface area contributed by atoms with Crippen LogP contribution in [0.4, 0.5) is 0 Å². The Morgan fingerprint density at radius 3 is 2.78 bits per heavy atom. The SMILES string of the molecule is CCCC(NC)c1ccn(CCC(C)(C)C#N)c1. The Bertz CT molecular complexity index is 398. The molecule has 0 amide bonds. The fourth-order valence-electron chi connectivity index (χ4n) is 2.04. The second kappa shape index (κ2) is 6.61. The third kappa shape index (κ3) is 4.19. The maximum absolute atomic E-state index is 9.00. The standard InChI is InChI=1S/C15H25N3/c1-5-6-14(17-4)13-7-9-18(11-13)10-8-15(2,3)12-16/h7,9,11,14,17H,5-6,8,10H2,1-4H3. The highest BCUT2D eigenvalue weighted by Gasteiger charge is 2.16. The molecule has 0 aromatic carbocycles. The normalized spacial score (nSPS) is 13.3. The predicted octanol–water partition coefficient (Wildman–Crippen LogP) is 3.49. The minimum Gasteiger partial charge on any atom is -0.354 e. The maximum Gasteiger partial charge on any atom is 0.0684 e. The zero-order valence-corrected chi connectivity index (χ0v) is 12.0. The van der Waals surface area contributed by atoms with Crippen molar-refractivity contribution in [1.82, 2.24) is 9.88 Å². The van der Waals surface area contributed by atoms with Crippen molar-refractivity contribution in [3.8, 4) is 6.07 Å². The van der Waals surface area contributed by atoms with E-state index >= 15 is 0 Å². The van der Waals surface area contributed by atoms with E-state index in [9.17, 15) is 0 Å². The zero-order valence-electron chi connectivity index (χ0n) is 12.0. The minimum absolute atomic E-state index is 0.240. The summed E-state index contributed by atoms with van der Waals surface area (Å²) in [5.74, 6) is 0. The maximum atomic E-state index is 9.00. The average molecular weight is 247 g/mol. The van der Waals surface area contributed by atoms with Gasteiger partial charge < -0.3 is 9.88 Å². The first kappa shape index (κ1) is 14.8. The molecule has 0 radical (unpaired) electrons. The molecule has 3 nitrogen and oxygen atoms in total. The lowest BCUT2D eigenvalue weighted by molar-refractivity contribution is 0.413. The fourth-order valence-corrected chi connectivity index (χ4v) is 2.04. The van der Waals surface area contributed by atoms with Gasteiger partial charge in [-0.2, -0.15) is 5.26 Å². The van der Waals surface area contributed by atoms with E-state index in [1.54, 1.807) is 0 Å². The third-order valence-electron chi connectivity index (χ3n) is 3.40. The van der Waals surface area contributed by atoms with Crippen LogP contribution in [0, 0.1) is 16.7 Å². The Labute approximate surface area is 111 Å². The summed E-state index contributed by atoms with van der Waals surface area (Å²) < 4.78 is 2.19. The Kier molecular flexibility index (Phi) is 5.43. The van der Waals surface area contributed by atoms with Crippen molar-refractivity contribution in [1.29, 1.82) is 5.26 Å². The van der Waals surface area contributed by atoms with Crippen molar-refractivity contribution in [2.45, 2.75) is 52.6 Å². The smallest absolute Gasteiger partial charge is 0.0684 e. The lowest BCUT2D eigenvalue weighted by Crippen LogP contribution is -2.15. The van der Waals surface area contributed by atoms with Crippen molar-refractivity contribution >= 4 is 0 Å². The summed E-state index contributed by atoms with van der Waals surface area (Å²) in [5, 5.41) is 12.4. The van der Waals surface area contributed by atoms with Crippen LogP contribution in [0.1, 0.15) is 51.6 Å². The molecular formula is C15H25N3. The number of aryl methyl sites for hydroxylation is 1. The first-order chi connectivity index (χ1) is 8.52. The molecule has 1 heterocycles. The highest BCUT2D eigenvalue weighted by molar-refractivity contribution is 5.15. The van der Waals surface area contributed by atoms with E-state index in [0.717, 1.165) is 19.4 Å². The van der Waals surface area contributed by atoms with Gasteiger partial charge in [-0.05, 0) is 45.4 Å². The van der Waals surface area contributed by atoms with Gasteiger partial charge >= 0.3 is 0 Å². The van der Waals surface area contributed by atoms with Gasteiger partial charge in [-0.15, -0.1) is 0 Å². The van der Waals surface area contributed by atoms with Crippen LogP contribution < -0.4 is 5.32 Å². The van der Waals surface area contributed by atoms with Gasteiger partial charge in [0.25, 0.3) is 0 Å². The number of nitrogens with one attached hydrogen (secondary N) is 1. The summed E-state index contributed by atoms with van der Waals surface area (Å²) in [5.41, 5.74) is 1.10. The number of hydrogen-bond donors (Lipinski definition) is 1. The van der Waals surface area contributed by atoms with Gasteiger partial charge in [0, 0.05) is 25.0 Å². The number of nitrogens with zero attached hydrogens (tertiary/aromatic N) is 2. The van der Waals surface area contributed by atoms with Crippen LogP contribution in [0.2, 0.25) is 0 Å². The quantitative estimate of drug-likeness (QED) is 0.801. The first-order valence-electron chi connectivity index (χ1n) is 6.76. The lowest BCUT2D eigenvalue weighted by atomic mass is 9.91. The molecule has 1 N–H and O–H groups in total. The van der Waals surface area contributed by atoms with E-state index in [2.05, 4.69) is 41.3 Å². The molecule has 18 heavy (non-hydrogen) atoms. The zero-order chi connectivity index (χ0) is 13.6. The van der Waals surface area contributed by atoms with E-state index in [0.29, 0.717) is 6.04 Å². The van der Waals surface area contributed by atoms with Crippen LogP contribution in [0.15, 0.2) is 18.5 Å². The Hall–Kier alpha value is -1.27. The van der Waals surface area contributed by atoms with Crippen LogP contribution in [0.5, 0.6) is 0 Å². The molecule has 0 saturated heterocycles. The Balaban J connectivity index is 2.61. The fraction of sp³-hybridized carbons (Fsp3) is 0.667. The largest absolute Gasteiger partial charge is 0.354 e. The molecule has 0 aliphatic rings. The van der Waals surface area contributed by atoms with Gasteiger partial charge in [0.15, 0.2) is 0 Å². The van der Waals surface area contributed by atoms with Crippen molar-refractivity contribution < 1.29 is 0 Å². The molecule has 1 aromatic rings. The molecule has 0 saturated carbocycles. The number of hydrogen-bond acceptors (Lipinski definition) is 2. The lowest BCUT2D eigenvalue weighted by Gasteiger charge is -2.15. The highest BCUT2D eigenvalue weighted by Crippen LogP contribution is 2.22. The summed E-state index contributed by atoms with van der Waals surface area (Å²) in [6, 6.07) is 4.97. The van der Waals surface area contributed by atoms with Crippen LogP contribution >= 0.6 is 0 Å². The van der Waals surface area contributed by atoms with Gasteiger partial charge in [0.1, 0.15) is 0 Å². The van der Waals surface area contributed by atoms with Crippen molar-refractivity contribution in [2.75, 3.05) is 7.05 Å². The molecular weight excluding hydrogens is 222 g/mol. The summed E-state index contributed by atoms with van der Waals surface area (Å²) in [6.07, 6.45) is 7.53. The van der Waals surface area contributed by atoms with Crippen LogP contribution in [-0.4, -0.2) is 11.6 Å². The number of nitriles is 1. The van der Waals surface area contributed by atoms with Crippen molar-refractivity contribution in [3.05, 3.63) is 24.0 Å². The van der Waals surface area contributed by atoms with E-state index in [-0.39, 0.29) is 5.41 Å². The van der Waals surface area contributed by atoms with Gasteiger partial charge in [-0.25, -0.2) is 0 Å². The summed E-state index contributed by atoms with van der Waals surface area (Å²) >= 11 is 0. The van der Waals surface area contributed by atoms with E-state index in [1.807, 2.05) is 20.9 Å². The molecule has 1 atom stereocenters. The molecule has 1 aromatic heterocycles.